The highest BCUT2D eigenvalue weighted by Gasteiger charge is 2.43. The first-order valence-corrected chi connectivity index (χ1v) is 15.3. The van der Waals surface area contributed by atoms with E-state index in [0.717, 1.165) is 6.07 Å². The summed E-state index contributed by atoms with van der Waals surface area (Å²) in [5.41, 5.74) is 11.9. The zero-order valence-corrected chi connectivity index (χ0v) is 25.0. The molecule has 1 aromatic carbocycles. The number of nitrogens with two attached hydrogens (primary N) is 2. The Labute approximate surface area is 254 Å². The van der Waals surface area contributed by atoms with Gasteiger partial charge in [0, 0.05) is 24.7 Å². The fraction of sp³-hybridized carbons (Fsp3) is 0.407. The molecule has 0 radical (unpaired) electrons. The van der Waals surface area contributed by atoms with Gasteiger partial charge in [0.15, 0.2) is 23.0 Å². The standard InChI is InChI=1S/C27H31F4N8O5P/c1-14(2)43-45(41,42)44-21-8-17(28)16(7-18(21)29)19-6-15(10-39-13-37-22-25(32)35-12-36-26(22)39)20(9-34-19)38-5-3-4-27(33,11-38)23(40)24(30)31/h6-9,12-14,23-24,40H,3-5,10-11,33H2,1-2H3,(H,41,42)(H2,32,35,36)/t23-,27-/m1/s1. The number of benzene rings is 1. The van der Waals surface area contributed by atoms with Crippen molar-refractivity contribution in [3.8, 4) is 17.0 Å². The minimum absolute atomic E-state index is 0.0236. The maximum absolute atomic E-state index is 15.4. The molecule has 4 heterocycles. The van der Waals surface area contributed by atoms with Gasteiger partial charge in [-0.1, -0.05) is 0 Å². The highest BCUT2D eigenvalue weighted by atomic mass is 31.2. The lowest BCUT2D eigenvalue weighted by molar-refractivity contribution is -0.0529. The van der Waals surface area contributed by atoms with E-state index in [4.69, 9.17) is 20.5 Å². The van der Waals surface area contributed by atoms with Gasteiger partial charge in [0.1, 0.15) is 23.8 Å². The normalized spacial score (nSPS) is 19.3. The Kier molecular flexibility index (Phi) is 9.01. The van der Waals surface area contributed by atoms with E-state index in [1.54, 1.807) is 9.47 Å². The molecule has 18 heteroatoms. The molecule has 0 saturated carbocycles. The van der Waals surface area contributed by atoms with E-state index in [9.17, 15) is 23.3 Å². The number of fused-ring (bicyclic) bond motifs is 1. The molecule has 1 saturated heterocycles. The number of phosphoric acid groups is 1. The van der Waals surface area contributed by atoms with Crippen molar-refractivity contribution in [3.05, 3.63) is 54.2 Å². The van der Waals surface area contributed by atoms with Crippen LogP contribution in [0.25, 0.3) is 22.4 Å². The first-order valence-electron chi connectivity index (χ1n) is 13.8. The molecule has 1 unspecified atom stereocenters. The van der Waals surface area contributed by atoms with Gasteiger partial charge in [-0.15, -0.1) is 0 Å². The van der Waals surface area contributed by atoms with Gasteiger partial charge in [-0.3, -0.25) is 14.4 Å². The molecule has 45 heavy (non-hydrogen) atoms. The van der Waals surface area contributed by atoms with Crippen molar-refractivity contribution in [3.63, 3.8) is 0 Å². The zero-order valence-electron chi connectivity index (χ0n) is 24.1. The van der Waals surface area contributed by atoms with E-state index in [0.29, 0.717) is 41.4 Å². The van der Waals surface area contributed by atoms with Crippen molar-refractivity contribution in [2.24, 2.45) is 5.73 Å². The number of aliphatic hydroxyl groups is 1. The summed E-state index contributed by atoms with van der Waals surface area (Å²) in [7, 11) is -4.75. The number of alkyl halides is 2. The minimum atomic E-state index is -4.75. The van der Waals surface area contributed by atoms with Gasteiger partial charge in [-0.2, -0.15) is 0 Å². The molecular formula is C27H31F4N8O5P. The van der Waals surface area contributed by atoms with Crippen LogP contribution in [0.15, 0.2) is 37.1 Å². The number of piperidine rings is 1. The van der Waals surface area contributed by atoms with Gasteiger partial charge in [0.05, 0.1) is 42.1 Å². The number of pyridine rings is 1. The monoisotopic (exact) mass is 654 g/mol. The number of hydrogen-bond donors (Lipinski definition) is 4. The van der Waals surface area contributed by atoms with Crippen LogP contribution in [0.1, 0.15) is 32.3 Å². The van der Waals surface area contributed by atoms with Crippen molar-refractivity contribution in [1.82, 2.24) is 24.5 Å². The number of halogens is 4. The molecule has 1 aliphatic rings. The van der Waals surface area contributed by atoms with Crippen molar-refractivity contribution in [1.29, 1.82) is 0 Å². The third-order valence-corrected chi connectivity index (χ3v) is 8.43. The number of anilines is 2. The van der Waals surface area contributed by atoms with Crippen LogP contribution in [0.4, 0.5) is 29.1 Å². The van der Waals surface area contributed by atoms with Crippen molar-refractivity contribution < 1.29 is 41.2 Å². The summed E-state index contributed by atoms with van der Waals surface area (Å²) in [5, 5.41) is 10.2. The number of aliphatic hydroxyl groups excluding tert-OH is 1. The molecule has 5 rings (SSSR count). The fourth-order valence-corrected chi connectivity index (χ4v) is 6.23. The number of nitrogens with zero attached hydrogens (tertiary/aromatic N) is 6. The summed E-state index contributed by atoms with van der Waals surface area (Å²) in [6.07, 6.45) is -1.24. The lowest BCUT2D eigenvalue weighted by Gasteiger charge is -2.44. The summed E-state index contributed by atoms with van der Waals surface area (Å²) in [6.45, 7) is 3.23. The third kappa shape index (κ3) is 6.87. The topological polar surface area (TPSA) is 188 Å². The second kappa shape index (κ2) is 12.5. The average molecular weight is 655 g/mol. The van der Waals surface area contributed by atoms with Gasteiger partial charge in [0.2, 0.25) is 0 Å². The molecule has 0 aliphatic carbocycles. The summed E-state index contributed by atoms with van der Waals surface area (Å²) < 4.78 is 80.7. The molecule has 3 aromatic heterocycles. The Morgan fingerprint density at radius 3 is 2.60 bits per heavy atom. The maximum Gasteiger partial charge on any atom is 0.527 e. The minimum Gasteiger partial charge on any atom is -0.401 e. The van der Waals surface area contributed by atoms with E-state index < -0.39 is 49.4 Å². The average Bonchev–Trinajstić information content (AvgIpc) is 3.37. The summed E-state index contributed by atoms with van der Waals surface area (Å²) >= 11 is 0. The van der Waals surface area contributed by atoms with E-state index >= 15 is 8.78 Å². The highest BCUT2D eigenvalue weighted by molar-refractivity contribution is 7.47. The molecule has 0 spiro atoms. The molecule has 1 aliphatic heterocycles. The van der Waals surface area contributed by atoms with Gasteiger partial charge in [-0.05, 0) is 44.4 Å². The molecule has 0 amide bonds. The van der Waals surface area contributed by atoms with Crippen LogP contribution in [0, 0.1) is 11.6 Å². The van der Waals surface area contributed by atoms with Crippen molar-refractivity contribution in [2.45, 2.75) is 57.4 Å². The predicted octanol–water partition coefficient (Wildman–Crippen LogP) is 3.62. The Bertz CT molecular complexity index is 1760. The van der Waals surface area contributed by atoms with Gasteiger partial charge in [-0.25, -0.2) is 37.1 Å². The van der Waals surface area contributed by atoms with Crippen molar-refractivity contribution in [2.75, 3.05) is 23.7 Å². The number of imidazole rings is 1. The molecule has 0 bridgehead atoms. The largest absolute Gasteiger partial charge is 0.527 e. The Hall–Kier alpha value is -3.89. The zero-order chi connectivity index (χ0) is 32.7. The summed E-state index contributed by atoms with van der Waals surface area (Å²) in [4.78, 5) is 28.3. The van der Waals surface area contributed by atoms with Gasteiger partial charge >= 0.3 is 7.82 Å². The third-order valence-electron chi connectivity index (χ3n) is 7.32. The highest BCUT2D eigenvalue weighted by Crippen LogP contribution is 2.46. The van der Waals surface area contributed by atoms with Crippen LogP contribution in [-0.4, -0.2) is 71.8 Å². The first kappa shape index (κ1) is 32.5. The molecule has 1 fully saturated rings. The predicted molar refractivity (Wildman–Crippen MR) is 155 cm³/mol. The molecule has 13 nitrogen and oxygen atoms in total. The van der Waals surface area contributed by atoms with Crippen LogP contribution >= 0.6 is 7.82 Å². The van der Waals surface area contributed by atoms with Gasteiger partial charge < -0.3 is 30.6 Å². The summed E-state index contributed by atoms with van der Waals surface area (Å²) in [5.74, 6) is -2.87. The smallest absolute Gasteiger partial charge is 0.401 e. The van der Waals surface area contributed by atoms with Gasteiger partial charge in [0.25, 0.3) is 6.43 Å². The van der Waals surface area contributed by atoms with Crippen LogP contribution in [-0.2, 0) is 15.6 Å². The molecule has 3 atom stereocenters. The van der Waals surface area contributed by atoms with Crippen LogP contribution in [0.3, 0.4) is 0 Å². The molecule has 242 valence electrons. The van der Waals surface area contributed by atoms with Crippen molar-refractivity contribution >= 4 is 30.5 Å². The number of nitrogen functional groups attached to an aromatic ring is 1. The Balaban J connectivity index is 1.56. The second-order valence-electron chi connectivity index (χ2n) is 11.0. The lowest BCUT2D eigenvalue weighted by Crippen LogP contribution is -2.63. The number of hydrogen-bond acceptors (Lipinski definition) is 11. The summed E-state index contributed by atoms with van der Waals surface area (Å²) in [6, 6.07) is 2.84. The Morgan fingerprint density at radius 2 is 1.89 bits per heavy atom. The van der Waals surface area contributed by atoms with Crippen LogP contribution in [0.5, 0.6) is 5.75 Å². The number of phosphoric ester groups is 1. The lowest BCUT2D eigenvalue weighted by atomic mass is 9.84. The second-order valence-corrected chi connectivity index (χ2v) is 12.3. The van der Waals surface area contributed by atoms with E-state index in [2.05, 4.69) is 19.9 Å². The molecule has 4 aromatic rings. The van der Waals surface area contributed by atoms with E-state index in [1.807, 2.05) is 0 Å². The molecule has 6 N–H and O–H groups in total. The SMILES string of the molecule is CC(C)OP(=O)(O)Oc1cc(F)c(-c2cc(Cn3cnc4c(N)ncnc43)c(N3CCC[C@](N)([C@H](O)C(F)F)C3)cn2)cc1F. The fourth-order valence-electron chi connectivity index (χ4n) is 5.26. The Morgan fingerprint density at radius 1 is 1.13 bits per heavy atom. The number of aromatic nitrogens is 5. The molecular weight excluding hydrogens is 623 g/mol. The first-order chi connectivity index (χ1) is 21.2. The van der Waals surface area contributed by atoms with Crippen LogP contribution in [0.2, 0.25) is 0 Å². The number of rotatable bonds is 10. The van der Waals surface area contributed by atoms with E-state index in [-0.39, 0.29) is 36.6 Å². The van der Waals surface area contributed by atoms with Crippen LogP contribution < -0.4 is 20.9 Å². The quantitative estimate of drug-likeness (QED) is 0.144. The van der Waals surface area contributed by atoms with E-state index in [1.165, 1.54) is 38.8 Å². The maximum atomic E-state index is 15.4.